The molecule has 1 saturated heterocycles. The molecule has 0 aromatic heterocycles. The molecule has 0 saturated carbocycles. The van der Waals surface area contributed by atoms with Crippen LogP contribution in [-0.2, 0) is 28.7 Å². The molecule has 0 bridgehead atoms. The maximum atomic E-state index is 12.5. The van der Waals surface area contributed by atoms with E-state index >= 15 is 0 Å². The Morgan fingerprint density at radius 2 is 1.03 bits per heavy atom. The molecule has 0 aliphatic carbocycles. The molecule has 1 aliphatic rings. The van der Waals surface area contributed by atoms with Crippen LogP contribution in [0.1, 0.15) is 0 Å². The summed E-state index contributed by atoms with van der Waals surface area (Å²) in [5, 5.41) is 77.7. The summed E-state index contributed by atoms with van der Waals surface area (Å²) in [5.74, 6) is -6.01. The third-order valence-electron chi connectivity index (χ3n) is 5.50. The summed E-state index contributed by atoms with van der Waals surface area (Å²) in [6.07, 6.45) is -6.42. The summed E-state index contributed by atoms with van der Waals surface area (Å²) in [5.41, 5.74) is 0. The van der Waals surface area contributed by atoms with Gasteiger partial charge in [0.05, 0.1) is 39.3 Å². The number of ether oxygens (including phenoxy) is 1. The fraction of sp³-hybridized carbons (Fsp3) is 0.750. The molecule has 0 aromatic rings. The number of aliphatic carboxylic acids is 4. The van der Waals surface area contributed by atoms with Crippen molar-refractivity contribution < 1.29 is 69.6 Å². The van der Waals surface area contributed by atoms with Gasteiger partial charge in [0.15, 0.2) is 6.29 Å². The minimum Gasteiger partial charge on any atom is -0.480 e. The number of amides is 1. The topological polar surface area (TPSA) is 278 Å². The fourth-order valence-electron chi connectivity index (χ4n) is 3.72. The fourth-order valence-corrected chi connectivity index (χ4v) is 3.72. The van der Waals surface area contributed by atoms with E-state index in [1.807, 2.05) is 0 Å². The molecular weight excluding hydrogens is 520 g/mol. The van der Waals surface area contributed by atoms with E-state index in [4.69, 9.17) is 20.1 Å². The van der Waals surface area contributed by atoms with Crippen LogP contribution in [-0.4, -0.2) is 181 Å². The Balaban J connectivity index is 2.80. The van der Waals surface area contributed by atoms with Crippen LogP contribution >= 0.6 is 0 Å². The number of hydrogen-bond acceptors (Lipinski definition) is 13. The standard InChI is InChI=1S/C20H34N4O14/c25-10-11-18(35)19(36)17(20(37)38-11)21-12(26)5-23(7-14(29)30)3-1-22(6-13(27)28)2-4-24(8-15(31)32)9-16(33)34/h11,17-20,25,35-37H,1-10H2,(H,21,26)(H,27,28)(H,29,30)(H,31,32)(H,33,34)/t11-,17-,18-,19-,20+/m1/s1. The zero-order valence-corrected chi connectivity index (χ0v) is 20.3. The van der Waals surface area contributed by atoms with Gasteiger partial charge in [0, 0.05) is 26.2 Å². The van der Waals surface area contributed by atoms with Crippen LogP contribution in [0, 0.1) is 0 Å². The van der Waals surface area contributed by atoms with Crippen LogP contribution in [0.25, 0.3) is 0 Å². The van der Waals surface area contributed by atoms with Crippen molar-refractivity contribution in [3.05, 3.63) is 0 Å². The number of carbonyl (C=O) groups is 5. The number of rotatable bonds is 18. The molecule has 1 aliphatic heterocycles. The van der Waals surface area contributed by atoms with Crippen LogP contribution < -0.4 is 5.32 Å². The van der Waals surface area contributed by atoms with Crippen molar-refractivity contribution in [2.45, 2.75) is 30.6 Å². The first-order chi connectivity index (χ1) is 17.7. The molecule has 0 aromatic carbocycles. The van der Waals surface area contributed by atoms with Gasteiger partial charge in [-0.1, -0.05) is 0 Å². The highest BCUT2D eigenvalue weighted by Gasteiger charge is 2.44. The van der Waals surface area contributed by atoms with Crippen LogP contribution in [0.5, 0.6) is 0 Å². The number of carbonyl (C=O) groups excluding carboxylic acids is 1. The molecule has 0 radical (unpaired) electrons. The Morgan fingerprint density at radius 3 is 1.45 bits per heavy atom. The van der Waals surface area contributed by atoms with Gasteiger partial charge in [-0.05, 0) is 0 Å². The second kappa shape index (κ2) is 16.1. The second-order valence-corrected chi connectivity index (χ2v) is 8.59. The summed E-state index contributed by atoms with van der Waals surface area (Å²) in [4.78, 5) is 60.5. The molecule has 9 N–H and O–H groups in total. The van der Waals surface area contributed by atoms with Crippen molar-refractivity contribution in [1.82, 2.24) is 20.0 Å². The van der Waals surface area contributed by atoms with E-state index in [-0.39, 0.29) is 26.2 Å². The Kier molecular flexibility index (Phi) is 14.0. The summed E-state index contributed by atoms with van der Waals surface area (Å²) in [7, 11) is 0. The molecule has 0 unspecified atom stereocenters. The highest BCUT2D eigenvalue weighted by atomic mass is 16.6. The lowest BCUT2D eigenvalue weighted by Crippen LogP contribution is -2.64. The molecule has 1 rings (SSSR count). The summed E-state index contributed by atoms with van der Waals surface area (Å²) in [6, 6.07) is -1.50. The number of nitrogens with one attached hydrogen (secondary N) is 1. The van der Waals surface area contributed by atoms with Crippen LogP contribution in [0.15, 0.2) is 0 Å². The van der Waals surface area contributed by atoms with Gasteiger partial charge in [0.25, 0.3) is 0 Å². The van der Waals surface area contributed by atoms with Crippen molar-refractivity contribution in [2.75, 3.05) is 65.5 Å². The Morgan fingerprint density at radius 1 is 0.632 bits per heavy atom. The summed E-state index contributed by atoms with van der Waals surface area (Å²) >= 11 is 0. The van der Waals surface area contributed by atoms with E-state index in [9.17, 15) is 49.5 Å². The van der Waals surface area contributed by atoms with E-state index in [1.165, 1.54) is 4.90 Å². The van der Waals surface area contributed by atoms with E-state index in [1.54, 1.807) is 0 Å². The largest absolute Gasteiger partial charge is 0.480 e. The van der Waals surface area contributed by atoms with Gasteiger partial charge in [-0.25, -0.2) is 0 Å². The molecular formula is C20H34N4O14. The number of hydrogen-bond donors (Lipinski definition) is 9. The molecule has 1 amide bonds. The lowest BCUT2D eigenvalue weighted by atomic mass is 9.97. The van der Waals surface area contributed by atoms with Gasteiger partial charge < -0.3 is 50.9 Å². The normalized spacial score (nSPS) is 23.5. The van der Waals surface area contributed by atoms with E-state index in [2.05, 4.69) is 5.32 Å². The number of aliphatic hydroxyl groups excluding tert-OH is 4. The van der Waals surface area contributed by atoms with Crippen molar-refractivity contribution >= 4 is 29.8 Å². The quantitative estimate of drug-likeness (QED) is 0.0762. The number of aliphatic hydroxyl groups is 4. The Labute approximate surface area is 216 Å². The SMILES string of the molecule is O=C(O)CN(CCN(CC(=O)O)CC(=O)O)CCN(CC(=O)O)CC(=O)N[C@@H]1[C@@H](O)[C@H](O)[C@@H](CO)O[C@@H]1O. The van der Waals surface area contributed by atoms with E-state index in [0.717, 1.165) is 9.80 Å². The van der Waals surface area contributed by atoms with Gasteiger partial charge in [0.1, 0.15) is 24.4 Å². The van der Waals surface area contributed by atoms with E-state index in [0.29, 0.717) is 0 Å². The minimum absolute atomic E-state index is 0.0817. The third kappa shape index (κ3) is 12.0. The number of carboxylic acids is 4. The van der Waals surface area contributed by atoms with Gasteiger partial charge in [0.2, 0.25) is 5.91 Å². The molecule has 18 heteroatoms. The monoisotopic (exact) mass is 554 g/mol. The zero-order valence-electron chi connectivity index (χ0n) is 20.3. The predicted molar refractivity (Wildman–Crippen MR) is 122 cm³/mol. The smallest absolute Gasteiger partial charge is 0.317 e. The first-order valence-corrected chi connectivity index (χ1v) is 11.4. The molecule has 1 heterocycles. The van der Waals surface area contributed by atoms with Crippen molar-refractivity contribution in [1.29, 1.82) is 0 Å². The molecule has 1 fully saturated rings. The first-order valence-electron chi connectivity index (χ1n) is 11.4. The third-order valence-corrected chi connectivity index (χ3v) is 5.50. The first kappa shape index (κ1) is 33.1. The van der Waals surface area contributed by atoms with Gasteiger partial charge in [-0.2, -0.15) is 0 Å². The maximum absolute atomic E-state index is 12.5. The Hall–Kier alpha value is -2.97. The van der Waals surface area contributed by atoms with Crippen LogP contribution in [0.2, 0.25) is 0 Å². The molecule has 0 spiro atoms. The van der Waals surface area contributed by atoms with Crippen molar-refractivity contribution in [3.63, 3.8) is 0 Å². The van der Waals surface area contributed by atoms with Crippen LogP contribution in [0.4, 0.5) is 0 Å². The molecule has 5 atom stereocenters. The molecule has 18 nitrogen and oxygen atoms in total. The van der Waals surface area contributed by atoms with Gasteiger partial charge in [-0.15, -0.1) is 0 Å². The zero-order chi connectivity index (χ0) is 29.0. The van der Waals surface area contributed by atoms with Crippen molar-refractivity contribution in [2.24, 2.45) is 0 Å². The second-order valence-electron chi connectivity index (χ2n) is 8.59. The van der Waals surface area contributed by atoms with Crippen molar-refractivity contribution in [3.8, 4) is 0 Å². The average Bonchev–Trinajstić information content (AvgIpc) is 2.79. The Bertz CT molecular complexity index is 814. The highest BCUT2D eigenvalue weighted by Crippen LogP contribution is 2.19. The summed E-state index contributed by atoms with van der Waals surface area (Å²) < 4.78 is 4.94. The maximum Gasteiger partial charge on any atom is 0.317 e. The van der Waals surface area contributed by atoms with E-state index < -0.39 is 99.8 Å². The number of nitrogens with zero attached hydrogens (tertiary/aromatic N) is 3. The van der Waals surface area contributed by atoms with Crippen LogP contribution in [0.3, 0.4) is 0 Å². The minimum atomic E-state index is -1.78. The lowest BCUT2D eigenvalue weighted by Gasteiger charge is -2.40. The molecule has 38 heavy (non-hydrogen) atoms. The number of carboxylic acid groups (broad SMARTS) is 4. The lowest BCUT2D eigenvalue weighted by molar-refractivity contribution is -0.253. The van der Waals surface area contributed by atoms with Gasteiger partial charge in [-0.3, -0.25) is 38.7 Å². The summed E-state index contributed by atoms with van der Waals surface area (Å²) in [6.45, 7) is -4.15. The highest BCUT2D eigenvalue weighted by molar-refractivity contribution is 5.79. The predicted octanol–water partition coefficient (Wildman–Crippen LogP) is -5.85. The van der Waals surface area contributed by atoms with Gasteiger partial charge >= 0.3 is 23.9 Å². The average molecular weight is 555 g/mol. The molecule has 218 valence electrons.